The maximum Gasteiger partial charge on any atom is 0.224 e. The number of aliphatic hydroxyl groups excluding tert-OH is 1. The Labute approximate surface area is 65.2 Å². The van der Waals surface area contributed by atoms with Crippen LogP contribution in [0.3, 0.4) is 0 Å². The fourth-order valence-electron chi connectivity index (χ4n) is 1.30. The van der Waals surface area contributed by atoms with Crippen LogP contribution < -0.4 is 0 Å². The van der Waals surface area contributed by atoms with Gasteiger partial charge in [0, 0.05) is 5.92 Å². The highest BCUT2D eigenvalue weighted by molar-refractivity contribution is 6.63. The predicted octanol–water partition coefficient (Wildman–Crippen LogP) is 1.30. The van der Waals surface area contributed by atoms with Gasteiger partial charge in [0.15, 0.2) is 0 Å². The third-order valence-corrected chi connectivity index (χ3v) is 2.33. The van der Waals surface area contributed by atoms with Gasteiger partial charge in [0.1, 0.15) is 0 Å². The summed E-state index contributed by atoms with van der Waals surface area (Å²) < 4.78 is 0. The second-order valence-corrected chi connectivity index (χ2v) is 3.18. The van der Waals surface area contributed by atoms with E-state index in [1.54, 1.807) is 0 Å². The van der Waals surface area contributed by atoms with Gasteiger partial charge < -0.3 is 5.11 Å². The molecule has 0 aromatic carbocycles. The molecule has 1 saturated carbocycles. The average Bonchev–Trinajstić information content (AvgIpc) is 1.88. The molecule has 0 aromatic rings. The lowest BCUT2D eigenvalue weighted by atomic mass is 9.88. The third-order valence-electron chi connectivity index (χ3n) is 2.02. The molecule has 0 amide bonds. The average molecular weight is 163 g/mol. The second-order valence-electron chi connectivity index (χ2n) is 2.81. The van der Waals surface area contributed by atoms with Gasteiger partial charge in [-0.15, -0.1) is 0 Å². The molecular formula is C7H11ClO2. The topological polar surface area (TPSA) is 37.3 Å². The molecule has 58 valence electrons. The van der Waals surface area contributed by atoms with Crippen LogP contribution in [0.5, 0.6) is 0 Å². The number of hydrogen-bond acceptors (Lipinski definition) is 2. The summed E-state index contributed by atoms with van der Waals surface area (Å²) in [5.74, 6) is 0.00469. The molecule has 1 N–H and O–H groups in total. The van der Waals surface area contributed by atoms with E-state index in [-0.39, 0.29) is 17.3 Å². The van der Waals surface area contributed by atoms with Crippen LogP contribution in [-0.4, -0.2) is 16.5 Å². The summed E-state index contributed by atoms with van der Waals surface area (Å²) in [7, 11) is 0. The van der Waals surface area contributed by atoms with Crippen molar-refractivity contribution >= 4 is 16.8 Å². The highest BCUT2D eigenvalue weighted by Gasteiger charge is 2.23. The molecule has 0 aliphatic heterocycles. The summed E-state index contributed by atoms with van der Waals surface area (Å²) in [5, 5.41) is 8.81. The summed E-state index contributed by atoms with van der Waals surface area (Å²) in [6.45, 7) is 0. The van der Waals surface area contributed by atoms with E-state index in [1.165, 1.54) is 0 Å². The van der Waals surface area contributed by atoms with Crippen molar-refractivity contribution in [3.63, 3.8) is 0 Å². The molecule has 3 heteroatoms. The van der Waals surface area contributed by atoms with E-state index < -0.39 is 0 Å². The molecule has 0 radical (unpaired) electrons. The van der Waals surface area contributed by atoms with E-state index in [4.69, 9.17) is 16.7 Å². The zero-order chi connectivity index (χ0) is 7.56. The van der Waals surface area contributed by atoms with Gasteiger partial charge in [-0.25, -0.2) is 0 Å². The minimum atomic E-state index is -0.244. The Hall–Kier alpha value is -0.0800. The molecule has 1 aliphatic carbocycles. The summed E-state index contributed by atoms with van der Waals surface area (Å²) in [5.41, 5.74) is 0. The minimum absolute atomic E-state index is 0.00469. The minimum Gasteiger partial charge on any atom is -0.393 e. The van der Waals surface area contributed by atoms with Gasteiger partial charge in [-0.3, -0.25) is 4.79 Å². The second kappa shape index (κ2) is 3.35. The SMILES string of the molecule is O=C(Cl)C1CCC(O)CC1. The van der Waals surface area contributed by atoms with Crippen LogP contribution in [0.2, 0.25) is 0 Å². The van der Waals surface area contributed by atoms with Crippen molar-refractivity contribution in [1.82, 2.24) is 0 Å². The van der Waals surface area contributed by atoms with E-state index in [1.807, 2.05) is 0 Å². The largest absolute Gasteiger partial charge is 0.393 e. The Morgan fingerprint density at radius 3 is 2.20 bits per heavy atom. The summed E-state index contributed by atoms with van der Waals surface area (Å²) >= 11 is 5.28. The summed E-state index contributed by atoms with van der Waals surface area (Å²) in [6.07, 6.45) is 2.76. The first-order valence-electron chi connectivity index (χ1n) is 3.57. The van der Waals surface area contributed by atoms with Gasteiger partial charge in [0.25, 0.3) is 0 Å². The Morgan fingerprint density at radius 1 is 1.30 bits per heavy atom. The van der Waals surface area contributed by atoms with Crippen LogP contribution in [0.4, 0.5) is 0 Å². The standard InChI is InChI=1S/C7H11ClO2/c8-7(10)5-1-3-6(9)4-2-5/h5-6,9H,1-4H2. The zero-order valence-corrected chi connectivity index (χ0v) is 6.47. The van der Waals surface area contributed by atoms with Crippen molar-refractivity contribution in [2.24, 2.45) is 5.92 Å². The van der Waals surface area contributed by atoms with E-state index in [0.717, 1.165) is 25.7 Å². The van der Waals surface area contributed by atoms with Crippen LogP contribution in [-0.2, 0) is 4.79 Å². The molecule has 2 nitrogen and oxygen atoms in total. The molecule has 0 saturated heterocycles. The Kier molecular flexibility index (Phi) is 2.69. The maximum absolute atomic E-state index is 10.6. The Bertz CT molecular complexity index is 128. The highest BCUT2D eigenvalue weighted by atomic mass is 35.5. The number of rotatable bonds is 1. The third kappa shape index (κ3) is 1.96. The van der Waals surface area contributed by atoms with Gasteiger partial charge in [-0.05, 0) is 37.3 Å². The molecule has 0 heterocycles. The van der Waals surface area contributed by atoms with E-state index >= 15 is 0 Å². The first kappa shape index (κ1) is 8.02. The highest BCUT2D eigenvalue weighted by Crippen LogP contribution is 2.25. The lowest BCUT2D eigenvalue weighted by Gasteiger charge is -2.21. The normalized spacial score (nSPS) is 33.8. The molecule has 0 unspecified atom stereocenters. The van der Waals surface area contributed by atoms with E-state index in [2.05, 4.69) is 0 Å². The summed E-state index contributed by atoms with van der Waals surface area (Å²) in [6, 6.07) is 0. The number of hydrogen-bond donors (Lipinski definition) is 1. The van der Waals surface area contributed by atoms with Crippen LogP contribution in [0.15, 0.2) is 0 Å². The van der Waals surface area contributed by atoms with Crippen molar-refractivity contribution in [3.8, 4) is 0 Å². The predicted molar refractivity (Wildman–Crippen MR) is 38.8 cm³/mol. The molecule has 0 atom stereocenters. The van der Waals surface area contributed by atoms with Crippen LogP contribution in [0.25, 0.3) is 0 Å². The van der Waals surface area contributed by atoms with Crippen molar-refractivity contribution in [2.75, 3.05) is 0 Å². The van der Waals surface area contributed by atoms with E-state index in [9.17, 15) is 4.79 Å². The number of carbonyl (C=O) groups excluding carboxylic acids is 1. The number of aliphatic hydroxyl groups is 1. The zero-order valence-electron chi connectivity index (χ0n) is 5.72. The number of carbonyl (C=O) groups is 1. The van der Waals surface area contributed by atoms with Gasteiger partial charge in [0.2, 0.25) is 5.24 Å². The van der Waals surface area contributed by atoms with Crippen LogP contribution >= 0.6 is 11.6 Å². The molecule has 0 bridgehead atoms. The van der Waals surface area contributed by atoms with Gasteiger partial charge in [-0.1, -0.05) is 0 Å². The van der Waals surface area contributed by atoms with Crippen molar-refractivity contribution in [3.05, 3.63) is 0 Å². The van der Waals surface area contributed by atoms with E-state index in [0.29, 0.717) is 0 Å². The van der Waals surface area contributed by atoms with Crippen molar-refractivity contribution in [1.29, 1.82) is 0 Å². The van der Waals surface area contributed by atoms with Gasteiger partial charge >= 0.3 is 0 Å². The monoisotopic (exact) mass is 162 g/mol. The smallest absolute Gasteiger partial charge is 0.224 e. The maximum atomic E-state index is 10.6. The molecule has 1 fully saturated rings. The fraction of sp³-hybridized carbons (Fsp3) is 0.857. The lowest BCUT2D eigenvalue weighted by molar-refractivity contribution is -0.116. The Morgan fingerprint density at radius 2 is 1.80 bits per heavy atom. The fourth-order valence-corrected chi connectivity index (χ4v) is 1.52. The molecule has 0 aromatic heterocycles. The molecule has 10 heavy (non-hydrogen) atoms. The summed E-state index contributed by atoms with van der Waals surface area (Å²) in [4.78, 5) is 10.6. The Balaban J connectivity index is 2.33. The lowest BCUT2D eigenvalue weighted by Crippen LogP contribution is -2.21. The first-order valence-corrected chi connectivity index (χ1v) is 3.95. The molecule has 1 aliphatic rings. The van der Waals surface area contributed by atoms with Crippen LogP contribution in [0, 0.1) is 5.92 Å². The molecule has 0 spiro atoms. The van der Waals surface area contributed by atoms with Crippen molar-refractivity contribution in [2.45, 2.75) is 31.8 Å². The quantitative estimate of drug-likeness (QED) is 0.591. The van der Waals surface area contributed by atoms with Crippen molar-refractivity contribution < 1.29 is 9.90 Å². The molecule has 1 rings (SSSR count). The van der Waals surface area contributed by atoms with Gasteiger partial charge in [0.05, 0.1) is 6.10 Å². The molecular weight excluding hydrogens is 152 g/mol. The first-order chi connectivity index (χ1) is 4.70. The van der Waals surface area contributed by atoms with Gasteiger partial charge in [-0.2, -0.15) is 0 Å². The van der Waals surface area contributed by atoms with Crippen LogP contribution in [0.1, 0.15) is 25.7 Å². The number of halogens is 1.